The highest BCUT2D eigenvalue weighted by Gasteiger charge is 2.52. The molecule has 0 fully saturated rings. The Morgan fingerprint density at radius 3 is 2.87 bits per heavy atom. The number of benzene rings is 2. The fourth-order valence-corrected chi connectivity index (χ4v) is 4.54. The molecule has 2 aliphatic rings. The Bertz CT molecular complexity index is 1110. The first-order valence-corrected chi connectivity index (χ1v) is 10.4. The lowest BCUT2D eigenvalue weighted by Crippen LogP contribution is -2.63. The van der Waals surface area contributed by atoms with Crippen LogP contribution in [-0.2, 0) is 23.5 Å². The summed E-state index contributed by atoms with van der Waals surface area (Å²) < 4.78 is 7.91. The highest BCUT2D eigenvalue weighted by molar-refractivity contribution is 5.87. The van der Waals surface area contributed by atoms with Gasteiger partial charge in [-0.2, -0.15) is 0 Å². The molecule has 2 unspecified atom stereocenters. The number of hydrogen-bond donors (Lipinski definition) is 2. The van der Waals surface area contributed by atoms with Gasteiger partial charge in [0.1, 0.15) is 0 Å². The molecule has 0 spiro atoms. The molecule has 6 nitrogen and oxygen atoms in total. The summed E-state index contributed by atoms with van der Waals surface area (Å²) in [6.45, 7) is 4.21. The van der Waals surface area contributed by atoms with Crippen molar-refractivity contribution in [2.75, 3.05) is 19.6 Å². The van der Waals surface area contributed by atoms with Gasteiger partial charge in [-0.15, -0.1) is 4.57 Å². The minimum Gasteiger partial charge on any atom is -0.417 e. The molecule has 0 saturated carbocycles. The average Bonchev–Trinajstić information content (AvgIpc) is 3.07. The highest BCUT2D eigenvalue weighted by atomic mass is 16.5. The van der Waals surface area contributed by atoms with Crippen molar-refractivity contribution in [3.8, 4) is 5.75 Å². The Kier molecular flexibility index (Phi) is 4.68. The van der Waals surface area contributed by atoms with E-state index in [2.05, 4.69) is 34.5 Å². The van der Waals surface area contributed by atoms with Crippen molar-refractivity contribution < 1.29 is 19.2 Å². The summed E-state index contributed by atoms with van der Waals surface area (Å²) in [5.74, 6) is 0.428. The smallest absolute Gasteiger partial charge is 0.390 e. The third-order valence-corrected chi connectivity index (χ3v) is 6.15. The summed E-state index contributed by atoms with van der Waals surface area (Å²) in [6.07, 6.45) is 2.20. The zero-order valence-electron chi connectivity index (χ0n) is 17.0. The molecule has 3 aromatic rings. The van der Waals surface area contributed by atoms with Gasteiger partial charge in [0.15, 0.2) is 11.9 Å². The number of amides is 1. The topological polar surface area (TPSA) is 65.7 Å². The first-order chi connectivity index (χ1) is 14.5. The SMILES string of the molecule is CC1(C(=O)NCC(O)CN2CCc3ccccc3C2)Oc2cccc3ccc[n+]1c23. The predicted octanol–water partition coefficient (Wildman–Crippen LogP) is 1.73. The zero-order chi connectivity index (χ0) is 20.7. The molecule has 3 heterocycles. The number of nitrogens with one attached hydrogen (secondary N) is 1. The first kappa shape index (κ1) is 19.0. The lowest BCUT2D eigenvalue weighted by molar-refractivity contribution is -0.745. The molecule has 0 aliphatic carbocycles. The van der Waals surface area contributed by atoms with Gasteiger partial charge in [-0.25, -0.2) is 0 Å². The van der Waals surface area contributed by atoms with Crippen LogP contribution < -0.4 is 14.6 Å². The van der Waals surface area contributed by atoms with Gasteiger partial charge in [0.05, 0.1) is 18.4 Å². The number of aliphatic hydroxyl groups excluding tert-OH is 1. The summed E-state index contributed by atoms with van der Waals surface area (Å²) in [7, 11) is 0. The third kappa shape index (κ3) is 3.22. The number of nitrogens with zero attached hydrogens (tertiary/aromatic N) is 2. The Morgan fingerprint density at radius 1 is 1.20 bits per heavy atom. The van der Waals surface area contributed by atoms with Crippen molar-refractivity contribution in [3.05, 3.63) is 71.9 Å². The average molecular weight is 404 g/mol. The van der Waals surface area contributed by atoms with E-state index in [1.807, 2.05) is 41.1 Å². The normalized spacial score (nSPS) is 21.1. The molecule has 2 aliphatic heterocycles. The molecule has 1 amide bonds. The molecule has 0 saturated heterocycles. The zero-order valence-corrected chi connectivity index (χ0v) is 17.0. The molecular formula is C24H26N3O3+. The summed E-state index contributed by atoms with van der Waals surface area (Å²) in [4.78, 5) is 15.3. The van der Waals surface area contributed by atoms with Gasteiger partial charge in [-0.3, -0.25) is 9.69 Å². The number of aliphatic hydroxyl groups is 1. The van der Waals surface area contributed by atoms with Crippen molar-refractivity contribution in [3.63, 3.8) is 0 Å². The van der Waals surface area contributed by atoms with E-state index in [0.717, 1.165) is 30.4 Å². The molecule has 2 N–H and O–H groups in total. The minimum absolute atomic E-state index is 0.183. The van der Waals surface area contributed by atoms with Gasteiger partial charge in [0.25, 0.3) is 5.52 Å². The van der Waals surface area contributed by atoms with Gasteiger partial charge >= 0.3 is 11.6 Å². The van der Waals surface area contributed by atoms with Crippen molar-refractivity contribution in [1.82, 2.24) is 10.2 Å². The van der Waals surface area contributed by atoms with Crippen LogP contribution in [0.2, 0.25) is 0 Å². The Hall–Kier alpha value is -2.96. The number of carbonyl (C=O) groups is 1. The number of ether oxygens (including phenoxy) is 1. The van der Waals surface area contributed by atoms with E-state index in [1.165, 1.54) is 11.1 Å². The van der Waals surface area contributed by atoms with Crippen molar-refractivity contribution in [1.29, 1.82) is 0 Å². The number of β-amino-alcohol motifs (C(OH)–C–C–N with tert-alkyl or cyclic N) is 1. The second-order valence-electron chi connectivity index (χ2n) is 8.27. The van der Waals surface area contributed by atoms with Crippen molar-refractivity contribution in [2.45, 2.75) is 31.7 Å². The maximum absolute atomic E-state index is 13.1. The quantitative estimate of drug-likeness (QED) is 0.636. The number of rotatable bonds is 5. The van der Waals surface area contributed by atoms with E-state index in [-0.39, 0.29) is 12.5 Å². The number of aromatic nitrogens is 1. The van der Waals surface area contributed by atoms with Crippen LogP contribution in [0.1, 0.15) is 18.1 Å². The molecule has 2 atom stereocenters. The van der Waals surface area contributed by atoms with Crippen LogP contribution in [0.25, 0.3) is 10.9 Å². The largest absolute Gasteiger partial charge is 0.417 e. The number of hydrogen-bond acceptors (Lipinski definition) is 4. The number of fused-ring (bicyclic) bond motifs is 1. The van der Waals surface area contributed by atoms with Crippen LogP contribution >= 0.6 is 0 Å². The number of carbonyl (C=O) groups excluding carboxylic acids is 1. The Morgan fingerprint density at radius 2 is 2.00 bits per heavy atom. The first-order valence-electron chi connectivity index (χ1n) is 10.4. The van der Waals surface area contributed by atoms with Crippen LogP contribution in [0.5, 0.6) is 5.75 Å². The van der Waals surface area contributed by atoms with Crippen molar-refractivity contribution >= 4 is 16.8 Å². The lowest BCUT2D eigenvalue weighted by Gasteiger charge is -2.30. The predicted molar refractivity (Wildman–Crippen MR) is 113 cm³/mol. The van der Waals surface area contributed by atoms with Gasteiger partial charge in [0, 0.05) is 32.2 Å². The van der Waals surface area contributed by atoms with Gasteiger partial charge in [-0.05, 0) is 35.7 Å². The van der Waals surface area contributed by atoms with E-state index in [0.29, 0.717) is 12.3 Å². The maximum Gasteiger partial charge on any atom is 0.390 e. The Labute approximate surface area is 175 Å². The molecule has 154 valence electrons. The molecule has 0 radical (unpaired) electrons. The summed E-state index contributed by atoms with van der Waals surface area (Å²) in [6, 6.07) is 18.2. The molecule has 30 heavy (non-hydrogen) atoms. The molecular weight excluding hydrogens is 378 g/mol. The van der Waals surface area contributed by atoms with E-state index >= 15 is 0 Å². The second-order valence-corrected chi connectivity index (χ2v) is 8.27. The monoisotopic (exact) mass is 404 g/mol. The number of pyridine rings is 1. The Balaban J connectivity index is 1.22. The number of para-hydroxylation sites is 1. The minimum atomic E-state index is -1.17. The van der Waals surface area contributed by atoms with Crippen LogP contribution in [-0.4, -0.2) is 41.7 Å². The van der Waals surface area contributed by atoms with Gasteiger partial charge in [0.2, 0.25) is 0 Å². The molecule has 0 bridgehead atoms. The van der Waals surface area contributed by atoms with Crippen LogP contribution in [0.3, 0.4) is 0 Å². The van der Waals surface area contributed by atoms with Crippen LogP contribution in [0.4, 0.5) is 0 Å². The van der Waals surface area contributed by atoms with Crippen LogP contribution in [0, 0.1) is 0 Å². The van der Waals surface area contributed by atoms with E-state index in [4.69, 9.17) is 4.74 Å². The lowest BCUT2D eigenvalue weighted by atomic mass is 10.00. The van der Waals surface area contributed by atoms with E-state index < -0.39 is 11.8 Å². The third-order valence-electron chi connectivity index (χ3n) is 6.15. The molecule has 5 rings (SSSR count). The van der Waals surface area contributed by atoms with E-state index in [9.17, 15) is 9.90 Å². The molecule has 6 heteroatoms. The van der Waals surface area contributed by atoms with Crippen LogP contribution in [0.15, 0.2) is 60.8 Å². The maximum atomic E-state index is 13.1. The van der Waals surface area contributed by atoms with Gasteiger partial charge < -0.3 is 15.2 Å². The van der Waals surface area contributed by atoms with E-state index in [1.54, 1.807) is 6.92 Å². The van der Waals surface area contributed by atoms with Gasteiger partial charge in [-0.1, -0.05) is 30.3 Å². The summed E-state index contributed by atoms with van der Waals surface area (Å²) in [5, 5.41) is 14.5. The fourth-order valence-electron chi connectivity index (χ4n) is 4.54. The molecule has 1 aromatic heterocycles. The second kappa shape index (κ2) is 7.38. The highest BCUT2D eigenvalue weighted by Crippen LogP contribution is 2.33. The van der Waals surface area contributed by atoms with Crippen molar-refractivity contribution in [2.24, 2.45) is 0 Å². The molecule has 2 aromatic carbocycles. The standard InChI is InChI=1S/C24H25N3O3/c1-24(27-12-5-9-18-8-4-10-21(30-24)22(18)27)23(29)25-14-20(28)16-26-13-11-17-6-2-3-7-19(17)15-26/h2-10,12,20,28H,11,13-16H2,1H3/p+1. The summed E-state index contributed by atoms with van der Waals surface area (Å²) >= 11 is 0. The summed E-state index contributed by atoms with van der Waals surface area (Å²) in [5.41, 5.74) is 2.43. The fraction of sp³-hybridized carbons (Fsp3) is 0.333.